The molecule has 1 saturated heterocycles. The maximum absolute atomic E-state index is 12.6. The second-order valence-corrected chi connectivity index (χ2v) is 8.57. The number of benzene rings is 1. The summed E-state index contributed by atoms with van der Waals surface area (Å²) in [4.78, 5) is 0.193. The smallest absolute Gasteiger partial charge is 0.207 e. The van der Waals surface area contributed by atoms with Crippen LogP contribution < -0.4 is 0 Å². The lowest BCUT2D eigenvalue weighted by molar-refractivity contribution is 0.222. The van der Waals surface area contributed by atoms with Crippen molar-refractivity contribution < 1.29 is 8.42 Å². The Balaban J connectivity index is 2.36. The molecule has 0 spiro atoms. The van der Waals surface area contributed by atoms with Gasteiger partial charge in [0.05, 0.1) is 5.02 Å². The van der Waals surface area contributed by atoms with Gasteiger partial charge in [0.2, 0.25) is 10.0 Å². The molecule has 0 amide bonds. The van der Waals surface area contributed by atoms with E-state index < -0.39 is 10.0 Å². The molecule has 2 rings (SSSR count). The van der Waals surface area contributed by atoms with Crippen LogP contribution in [0.15, 0.2) is 27.6 Å². The van der Waals surface area contributed by atoms with Crippen molar-refractivity contribution in [2.45, 2.75) is 25.2 Å². The SMILES string of the molecule is C[C@@H]1C[C@@H](C)CN(S(=O)(=O)c2ccc(Br)cc2Cl)C1. The fourth-order valence-electron chi connectivity index (χ4n) is 2.63. The molecule has 0 aliphatic carbocycles. The highest BCUT2D eigenvalue weighted by atomic mass is 79.9. The summed E-state index contributed by atoms with van der Waals surface area (Å²) in [5.74, 6) is 0.764. The zero-order chi connectivity index (χ0) is 14.2. The molecule has 0 aromatic heterocycles. The minimum atomic E-state index is -3.49. The molecule has 0 bridgehead atoms. The molecule has 0 N–H and O–H groups in total. The van der Waals surface area contributed by atoms with Crippen molar-refractivity contribution in [3.63, 3.8) is 0 Å². The molecule has 0 unspecified atom stereocenters. The average Bonchev–Trinajstić information content (AvgIpc) is 2.26. The van der Waals surface area contributed by atoms with E-state index >= 15 is 0 Å². The van der Waals surface area contributed by atoms with Crippen molar-refractivity contribution in [1.29, 1.82) is 0 Å². The summed E-state index contributed by atoms with van der Waals surface area (Å²) in [5.41, 5.74) is 0. The molecular formula is C13H17BrClNO2S. The van der Waals surface area contributed by atoms with Crippen LogP contribution in [-0.2, 0) is 10.0 Å². The maximum atomic E-state index is 12.6. The van der Waals surface area contributed by atoms with Gasteiger partial charge in [0.15, 0.2) is 0 Å². The van der Waals surface area contributed by atoms with Gasteiger partial charge in [0.1, 0.15) is 4.90 Å². The number of sulfonamides is 1. The van der Waals surface area contributed by atoms with Gasteiger partial charge in [-0.25, -0.2) is 8.42 Å². The molecule has 1 heterocycles. The van der Waals surface area contributed by atoms with Crippen molar-refractivity contribution in [3.8, 4) is 0 Å². The van der Waals surface area contributed by atoms with E-state index in [0.717, 1.165) is 10.9 Å². The normalized spacial score (nSPS) is 25.5. The molecule has 1 fully saturated rings. The van der Waals surface area contributed by atoms with Crippen LogP contribution in [0.3, 0.4) is 0 Å². The third-order valence-electron chi connectivity index (χ3n) is 3.35. The first-order chi connectivity index (χ1) is 8.80. The van der Waals surface area contributed by atoms with E-state index in [1.165, 1.54) is 0 Å². The second kappa shape index (κ2) is 5.72. The molecule has 106 valence electrons. The van der Waals surface area contributed by atoms with Gasteiger partial charge in [-0.3, -0.25) is 0 Å². The highest BCUT2D eigenvalue weighted by Crippen LogP contribution is 2.31. The molecule has 0 radical (unpaired) electrons. The van der Waals surface area contributed by atoms with Crippen LogP contribution >= 0.6 is 27.5 Å². The lowest BCUT2D eigenvalue weighted by Gasteiger charge is -2.34. The Hall–Kier alpha value is -0.100. The number of halogens is 2. The lowest BCUT2D eigenvalue weighted by atomic mass is 9.94. The monoisotopic (exact) mass is 365 g/mol. The minimum absolute atomic E-state index is 0.193. The summed E-state index contributed by atoms with van der Waals surface area (Å²) in [6, 6.07) is 4.88. The van der Waals surface area contributed by atoms with Crippen molar-refractivity contribution in [2.24, 2.45) is 11.8 Å². The van der Waals surface area contributed by atoms with Gasteiger partial charge in [-0.05, 0) is 36.5 Å². The molecule has 1 aliphatic heterocycles. The van der Waals surface area contributed by atoms with Gasteiger partial charge >= 0.3 is 0 Å². The van der Waals surface area contributed by atoms with E-state index in [1.807, 2.05) is 0 Å². The summed E-state index contributed by atoms with van der Waals surface area (Å²) < 4.78 is 27.6. The van der Waals surface area contributed by atoms with E-state index in [1.54, 1.807) is 22.5 Å². The van der Waals surface area contributed by atoms with Crippen LogP contribution in [-0.4, -0.2) is 25.8 Å². The van der Waals surface area contributed by atoms with Gasteiger partial charge in [-0.1, -0.05) is 41.4 Å². The summed E-state index contributed by atoms with van der Waals surface area (Å²) in [5, 5.41) is 0.264. The van der Waals surface area contributed by atoms with Gasteiger partial charge in [-0.15, -0.1) is 0 Å². The number of hydrogen-bond acceptors (Lipinski definition) is 2. The first kappa shape index (κ1) is 15.3. The topological polar surface area (TPSA) is 37.4 Å². The first-order valence-electron chi connectivity index (χ1n) is 6.26. The Morgan fingerprint density at radius 2 is 1.84 bits per heavy atom. The predicted molar refractivity (Wildman–Crippen MR) is 80.9 cm³/mol. The van der Waals surface area contributed by atoms with Crippen molar-refractivity contribution in [2.75, 3.05) is 13.1 Å². The molecule has 1 aromatic rings. The predicted octanol–water partition coefficient (Wildman–Crippen LogP) is 3.77. The molecule has 1 aliphatic rings. The quantitative estimate of drug-likeness (QED) is 0.799. The fourth-order valence-corrected chi connectivity index (χ4v) is 5.32. The minimum Gasteiger partial charge on any atom is -0.207 e. The van der Waals surface area contributed by atoms with Crippen molar-refractivity contribution in [3.05, 3.63) is 27.7 Å². The van der Waals surface area contributed by atoms with Crippen LogP contribution in [0.25, 0.3) is 0 Å². The lowest BCUT2D eigenvalue weighted by Crippen LogP contribution is -2.42. The molecule has 6 heteroatoms. The van der Waals surface area contributed by atoms with Crippen LogP contribution in [0.1, 0.15) is 20.3 Å². The number of rotatable bonds is 2. The standard InChI is InChI=1S/C13H17BrClNO2S/c1-9-5-10(2)8-16(7-9)19(17,18)13-4-3-11(14)6-12(13)15/h3-4,6,9-10H,5,7-8H2,1-2H3/t9-,10-/m1/s1. The molecule has 3 nitrogen and oxygen atoms in total. The van der Waals surface area contributed by atoms with Gasteiger partial charge < -0.3 is 0 Å². The van der Waals surface area contributed by atoms with E-state index in [9.17, 15) is 8.42 Å². The van der Waals surface area contributed by atoms with Crippen LogP contribution in [0.5, 0.6) is 0 Å². The summed E-state index contributed by atoms with van der Waals surface area (Å²) in [6.07, 6.45) is 1.07. The summed E-state index contributed by atoms with van der Waals surface area (Å²) in [7, 11) is -3.49. The van der Waals surface area contributed by atoms with Crippen LogP contribution in [0.4, 0.5) is 0 Å². The third kappa shape index (κ3) is 3.32. The van der Waals surface area contributed by atoms with E-state index in [0.29, 0.717) is 24.9 Å². The Bertz CT molecular complexity index is 566. The second-order valence-electron chi connectivity index (χ2n) is 5.34. The summed E-state index contributed by atoms with van der Waals surface area (Å²) in [6.45, 7) is 5.31. The van der Waals surface area contributed by atoms with E-state index in [2.05, 4.69) is 29.8 Å². The van der Waals surface area contributed by atoms with Crippen LogP contribution in [0.2, 0.25) is 5.02 Å². The fraction of sp³-hybridized carbons (Fsp3) is 0.538. The third-order valence-corrected chi connectivity index (χ3v) is 6.15. The molecule has 19 heavy (non-hydrogen) atoms. The Morgan fingerprint density at radius 3 is 2.37 bits per heavy atom. The highest BCUT2D eigenvalue weighted by Gasteiger charge is 2.32. The van der Waals surface area contributed by atoms with Gasteiger partial charge in [0, 0.05) is 17.6 Å². The average molecular weight is 367 g/mol. The summed E-state index contributed by atoms with van der Waals surface area (Å²) >= 11 is 9.36. The molecule has 0 saturated carbocycles. The Kier molecular flexibility index (Phi) is 4.60. The zero-order valence-electron chi connectivity index (χ0n) is 10.9. The number of hydrogen-bond donors (Lipinski definition) is 0. The van der Waals surface area contributed by atoms with Gasteiger partial charge in [-0.2, -0.15) is 4.31 Å². The Morgan fingerprint density at radius 1 is 1.26 bits per heavy atom. The van der Waals surface area contributed by atoms with E-state index in [4.69, 9.17) is 11.6 Å². The molecule has 2 atom stereocenters. The van der Waals surface area contributed by atoms with Crippen molar-refractivity contribution in [1.82, 2.24) is 4.31 Å². The number of nitrogens with zero attached hydrogens (tertiary/aromatic N) is 1. The molecule has 1 aromatic carbocycles. The van der Waals surface area contributed by atoms with Crippen molar-refractivity contribution >= 4 is 37.6 Å². The zero-order valence-corrected chi connectivity index (χ0v) is 14.1. The Labute approximate surface area is 128 Å². The first-order valence-corrected chi connectivity index (χ1v) is 8.87. The number of piperidine rings is 1. The van der Waals surface area contributed by atoms with Gasteiger partial charge in [0.25, 0.3) is 0 Å². The van der Waals surface area contributed by atoms with E-state index in [-0.39, 0.29) is 9.92 Å². The maximum Gasteiger partial charge on any atom is 0.244 e. The largest absolute Gasteiger partial charge is 0.244 e. The molecular weight excluding hydrogens is 350 g/mol. The van der Waals surface area contributed by atoms with Crippen LogP contribution in [0, 0.1) is 11.8 Å². The highest BCUT2D eigenvalue weighted by molar-refractivity contribution is 9.10.